The van der Waals surface area contributed by atoms with Crippen LogP contribution < -0.4 is 0 Å². The molecule has 1 rings (SSSR count). The minimum atomic E-state index is 0.914. The molecule has 0 N–H and O–H groups in total. The van der Waals surface area contributed by atoms with Gasteiger partial charge in [0.2, 0.25) is 0 Å². The Hall–Kier alpha value is -0.880. The fraction of sp³-hybridized carbons (Fsp3) is 0.375. The summed E-state index contributed by atoms with van der Waals surface area (Å²) in [5.74, 6) is 0.993. The second-order valence-corrected chi connectivity index (χ2v) is 3.07. The normalized spacial score (nSPS) is 16.4. The fourth-order valence-electron chi connectivity index (χ4n) is 0.913. The van der Waals surface area contributed by atoms with Gasteiger partial charge in [-0.3, -0.25) is 0 Å². The van der Waals surface area contributed by atoms with Crippen molar-refractivity contribution >= 4 is 11.8 Å². The summed E-state index contributed by atoms with van der Waals surface area (Å²) in [4.78, 5) is 1.12. The van der Waals surface area contributed by atoms with Crippen molar-refractivity contribution in [3.8, 4) is 5.40 Å². The molecule has 1 aliphatic rings. The largest absolute Gasteiger partial charge is 0.501 e. The summed E-state index contributed by atoms with van der Waals surface area (Å²) in [7, 11) is 1.67. The van der Waals surface area contributed by atoms with E-state index in [1.54, 1.807) is 7.11 Å². The van der Waals surface area contributed by atoms with Crippen molar-refractivity contribution in [2.24, 2.45) is 0 Å². The van der Waals surface area contributed by atoms with Crippen molar-refractivity contribution in [1.82, 2.24) is 0 Å². The van der Waals surface area contributed by atoms with Crippen LogP contribution in [0.25, 0.3) is 0 Å². The van der Waals surface area contributed by atoms with Crippen molar-refractivity contribution in [1.29, 1.82) is 5.26 Å². The average Bonchev–Trinajstić information content (AvgIpc) is 2.07. The number of thioether (sulfide) groups is 1. The quantitative estimate of drug-likeness (QED) is 0.592. The van der Waals surface area contributed by atoms with Gasteiger partial charge in [0.05, 0.1) is 12.9 Å². The van der Waals surface area contributed by atoms with Gasteiger partial charge in [-0.25, -0.2) is 0 Å². The number of allylic oxidation sites excluding steroid dienone is 4. The molecular formula is C8H9NOS. The number of methoxy groups -OCH3 is 1. The van der Waals surface area contributed by atoms with Crippen LogP contribution >= 0.6 is 11.8 Å². The van der Waals surface area contributed by atoms with Gasteiger partial charge in [0.15, 0.2) is 0 Å². The summed E-state index contributed by atoms with van der Waals surface area (Å²) in [6.45, 7) is 0. The van der Waals surface area contributed by atoms with Crippen molar-refractivity contribution in [2.75, 3.05) is 7.11 Å². The molecule has 0 radical (unpaired) electrons. The zero-order chi connectivity index (χ0) is 8.10. The highest BCUT2D eigenvalue weighted by atomic mass is 32.2. The standard InChI is InChI=1S/C8H9NOS/c1-10-7-2-4-8(5-3-7)11-6-9/h2,4H,3,5H2,1H3. The van der Waals surface area contributed by atoms with Crippen LogP contribution in [0, 0.1) is 10.7 Å². The summed E-state index contributed by atoms with van der Waals surface area (Å²) in [5, 5.41) is 10.4. The monoisotopic (exact) mass is 167 g/mol. The Balaban J connectivity index is 2.56. The maximum atomic E-state index is 8.36. The average molecular weight is 167 g/mol. The molecule has 0 aliphatic heterocycles. The zero-order valence-electron chi connectivity index (χ0n) is 6.33. The maximum absolute atomic E-state index is 8.36. The highest BCUT2D eigenvalue weighted by molar-refractivity contribution is 8.07. The van der Waals surface area contributed by atoms with E-state index in [9.17, 15) is 0 Å². The molecule has 0 amide bonds. The highest BCUT2D eigenvalue weighted by Gasteiger charge is 2.05. The number of thiocyanates is 1. The van der Waals surface area contributed by atoms with Gasteiger partial charge < -0.3 is 4.74 Å². The van der Waals surface area contributed by atoms with Crippen LogP contribution in [0.4, 0.5) is 0 Å². The second-order valence-electron chi connectivity index (χ2n) is 2.16. The smallest absolute Gasteiger partial charge is 0.138 e. The first-order chi connectivity index (χ1) is 5.36. The van der Waals surface area contributed by atoms with E-state index in [1.807, 2.05) is 17.6 Å². The maximum Gasteiger partial charge on any atom is 0.138 e. The van der Waals surface area contributed by atoms with E-state index < -0.39 is 0 Å². The molecule has 0 bridgehead atoms. The number of hydrogen-bond acceptors (Lipinski definition) is 3. The lowest BCUT2D eigenvalue weighted by Gasteiger charge is -2.10. The molecule has 0 saturated carbocycles. The van der Waals surface area contributed by atoms with Gasteiger partial charge in [0.25, 0.3) is 0 Å². The van der Waals surface area contributed by atoms with Gasteiger partial charge in [-0.1, -0.05) is 0 Å². The summed E-state index contributed by atoms with van der Waals surface area (Å²) in [6.07, 6.45) is 5.70. The lowest BCUT2D eigenvalue weighted by Crippen LogP contribution is -1.92. The number of rotatable bonds is 2. The summed E-state index contributed by atoms with van der Waals surface area (Å²) in [6, 6.07) is 0. The lowest BCUT2D eigenvalue weighted by atomic mass is 10.2. The molecule has 1 aliphatic carbocycles. The van der Waals surface area contributed by atoms with Crippen molar-refractivity contribution < 1.29 is 4.74 Å². The molecule has 3 heteroatoms. The summed E-state index contributed by atoms with van der Waals surface area (Å²) < 4.78 is 5.04. The zero-order valence-corrected chi connectivity index (χ0v) is 7.15. The van der Waals surface area contributed by atoms with Crippen LogP contribution in [0.15, 0.2) is 22.8 Å². The van der Waals surface area contributed by atoms with Crippen LogP contribution in [0.2, 0.25) is 0 Å². The van der Waals surface area contributed by atoms with Crippen molar-refractivity contribution in [3.63, 3.8) is 0 Å². The first-order valence-electron chi connectivity index (χ1n) is 3.36. The number of ether oxygens (including phenoxy) is 1. The number of nitrogens with zero attached hydrogens (tertiary/aromatic N) is 1. The molecule has 2 nitrogen and oxygen atoms in total. The van der Waals surface area contributed by atoms with E-state index in [4.69, 9.17) is 10.00 Å². The molecule has 0 unspecified atom stereocenters. The lowest BCUT2D eigenvalue weighted by molar-refractivity contribution is 0.276. The van der Waals surface area contributed by atoms with Gasteiger partial charge in [0.1, 0.15) is 5.40 Å². The first kappa shape index (κ1) is 8.22. The van der Waals surface area contributed by atoms with Crippen LogP contribution in [0.5, 0.6) is 0 Å². The van der Waals surface area contributed by atoms with Gasteiger partial charge in [-0.2, -0.15) is 5.26 Å². The van der Waals surface area contributed by atoms with Crippen molar-refractivity contribution in [3.05, 3.63) is 22.8 Å². The van der Waals surface area contributed by atoms with Crippen LogP contribution in [-0.4, -0.2) is 7.11 Å². The van der Waals surface area contributed by atoms with Crippen LogP contribution in [0.1, 0.15) is 12.8 Å². The van der Waals surface area contributed by atoms with E-state index in [1.165, 1.54) is 11.8 Å². The molecule has 0 aromatic heterocycles. The Kier molecular flexibility index (Phi) is 3.06. The predicted molar refractivity (Wildman–Crippen MR) is 45.6 cm³/mol. The van der Waals surface area contributed by atoms with Crippen molar-refractivity contribution in [2.45, 2.75) is 12.8 Å². The molecule has 0 spiro atoms. The SMILES string of the molecule is COC1=CC=C(SC#N)CC1. The first-order valence-corrected chi connectivity index (χ1v) is 4.18. The Morgan fingerprint density at radius 1 is 1.55 bits per heavy atom. The molecule has 0 heterocycles. The molecular weight excluding hydrogens is 158 g/mol. The van der Waals surface area contributed by atoms with Crippen LogP contribution in [-0.2, 0) is 4.74 Å². The Morgan fingerprint density at radius 2 is 2.36 bits per heavy atom. The molecule has 0 fully saturated rings. The van der Waals surface area contributed by atoms with E-state index in [2.05, 4.69) is 0 Å². The number of hydrogen-bond donors (Lipinski definition) is 0. The van der Waals surface area contributed by atoms with E-state index in [0.29, 0.717) is 0 Å². The topological polar surface area (TPSA) is 33.0 Å². The third-order valence-electron chi connectivity index (χ3n) is 1.51. The van der Waals surface area contributed by atoms with Crippen LogP contribution in [0.3, 0.4) is 0 Å². The second kappa shape index (κ2) is 4.09. The van der Waals surface area contributed by atoms with Gasteiger partial charge in [-0.05, 0) is 30.3 Å². The third kappa shape index (κ3) is 2.32. The third-order valence-corrected chi connectivity index (χ3v) is 2.21. The molecule has 0 atom stereocenters. The van der Waals surface area contributed by atoms with E-state index in [0.717, 1.165) is 23.5 Å². The highest BCUT2D eigenvalue weighted by Crippen LogP contribution is 2.26. The minimum absolute atomic E-state index is 0.914. The molecule has 11 heavy (non-hydrogen) atoms. The fourth-order valence-corrected chi connectivity index (χ4v) is 1.37. The Morgan fingerprint density at radius 3 is 2.82 bits per heavy atom. The minimum Gasteiger partial charge on any atom is -0.501 e. The molecule has 58 valence electrons. The summed E-state index contributed by atoms with van der Waals surface area (Å²) in [5.41, 5.74) is 0. The van der Waals surface area contributed by atoms with Gasteiger partial charge in [0, 0.05) is 11.3 Å². The number of nitriles is 1. The van der Waals surface area contributed by atoms with Gasteiger partial charge >= 0.3 is 0 Å². The Bertz CT molecular complexity index is 237. The van der Waals surface area contributed by atoms with Gasteiger partial charge in [-0.15, -0.1) is 0 Å². The molecule has 0 aromatic rings. The predicted octanol–water partition coefficient (Wildman–Crippen LogP) is 2.41. The molecule has 0 saturated heterocycles. The molecule has 0 aromatic carbocycles. The van der Waals surface area contributed by atoms with E-state index >= 15 is 0 Å². The Labute approximate surface area is 70.5 Å². The summed E-state index contributed by atoms with van der Waals surface area (Å²) >= 11 is 1.23. The van der Waals surface area contributed by atoms with E-state index in [-0.39, 0.29) is 0 Å².